The number of amides is 3. The number of hydrogen-bond donors (Lipinski definition) is 2. The maximum absolute atomic E-state index is 12.9. The average Bonchev–Trinajstić information content (AvgIpc) is 3.18. The second kappa shape index (κ2) is 8.41. The largest absolute Gasteiger partial charge is 0.440 e. The number of benzene rings is 2. The molecule has 3 aromatic rings. The lowest BCUT2D eigenvalue weighted by Crippen LogP contribution is -2.45. The summed E-state index contributed by atoms with van der Waals surface area (Å²) >= 11 is 0. The molecule has 0 saturated carbocycles. The molecule has 3 amide bonds. The van der Waals surface area contributed by atoms with Crippen molar-refractivity contribution in [2.45, 2.75) is 39.0 Å². The quantitative estimate of drug-likeness (QED) is 0.624. The van der Waals surface area contributed by atoms with Crippen molar-refractivity contribution in [2.24, 2.45) is 5.92 Å². The Morgan fingerprint density at radius 3 is 2.58 bits per heavy atom. The van der Waals surface area contributed by atoms with Crippen LogP contribution in [0.5, 0.6) is 0 Å². The van der Waals surface area contributed by atoms with Crippen LogP contribution in [0.4, 0.5) is 16.2 Å². The molecule has 2 heterocycles. The number of nitrogens with one attached hydrogen (secondary N) is 2. The maximum Gasteiger partial charge on any atom is 0.321 e. The van der Waals surface area contributed by atoms with Gasteiger partial charge < -0.3 is 20.0 Å². The van der Waals surface area contributed by atoms with Crippen LogP contribution in [0, 0.1) is 5.92 Å². The number of hydrogen-bond acceptors (Lipinski definition) is 4. The summed E-state index contributed by atoms with van der Waals surface area (Å²) in [4.78, 5) is 31.7. The fraction of sp³-hybridized carbons (Fsp3) is 0.375. The highest BCUT2D eigenvalue weighted by Crippen LogP contribution is 2.28. The summed E-state index contributed by atoms with van der Waals surface area (Å²) in [5.41, 5.74) is 2.65. The van der Waals surface area contributed by atoms with E-state index in [1.807, 2.05) is 69.3 Å². The smallest absolute Gasteiger partial charge is 0.321 e. The van der Waals surface area contributed by atoms with Gasteiger partial charge in [0.2, 0.25) is 11.8 Å². The van der Waals surface area contributed by atoms with E-state index in [1.54, 1.807) is 4.90 Å². The number of rotatable bonds is 3. The minimum Gasteiger partial charge on any atom is -0.440 e. The van der Waals surface area contributed by atoms with Crippen LogP contribution in [0.2, 0.25) is 0 Å². The summed E-state index contributed by atoms with van der Waals surface area (Å²) in [6, 6.07) is 14.6. The van der Waals surface area contributed by atoms with Gasteiger partial charge in [-0.25, -0.2) is 9.78 Å². The van der Waals surface area contributed by atoms with Gasteiger partial charge in [0.1, 0.15) is 5.52 Å². The predicted octanol–water partition coefficient (Wildman–Crippen LogP) is 5.01. The van der Waals surface area contributed by atoms with Gasteiger partial charge >= 0.3 is 6.03 Å². The molecule has 1 aliphatic rings. The standard InChI is InChI=1S/C24H28N4O3/c1-24(2,3)22-27-19-14-18(11-12-20(19)31-22)25-21(29)16-8-7-13-28(15-16)23(30)26-17-9-5-4-6-10-17/h4-6,9-12,14,16H,7-8,13,15H2,1-3H3,(H,25,29)(H,26,30). The van der Waals surface area contributed by atoms with Crippen LogP contribution < -0.4 is 10.6 Å². The Hall–Kier alpha value is -3.35. The van der Waals surface area contributed by atoms with E-state index in [2.05, 4.69) is 15.6 Å². The topological polar surface area (TPSA) is 87.5 Å². The Labute approximate surface area is 181 Å². The van der Waals surface area contributed by atoms with Gasteiger partial charge in [0.15, 0.2) is 5.58 Å². The lowest BCUT2D eigenvalue weighted by atomic mass is 9.97. The highest BCUT2D eigenvalue weighted by atomic mass is 16.3. The highest BCUT2D eigenvalue weighted by Gasteiger charge is 2.29. The van der Waals surface area contributed by atoms with Crippen molar-refractivity contribution in [3.8, 4) is 0 Å². The third-order valence-electron chi connectivity index (χ3n) is 5.40. The van der Waals surface area contributed by atoms with Crippen LogP contribution in [-0.4, -0.2) is 34.9 Å². The molecule has 0 spiro atoms. The van der Waals surface area contributed by atoms with Gasteiger partial charge in [0.05, 0.1) is 5.92 Å². The first kappa shape index (κ1) is 20.9. The summed E-state index contributed by atoms with van der Waals surface area (Å²) in [6.45, 7) is 7.17. The van der Waals surface area contributed by atoms with Gasteiger partial charge in [-0.2, -0.15) is 0 Å². The maximum atomic E-state index is 12.9. The number of fused-ring (bicyclic) bond motifs is 1. The van der Waals surface area contributed by atoms with E-state index < -0.39 is 0 Å². The molecule has 1 unspecified atom stereocenters. The average molecular weight is 421 g/mol. The van der Waals surface area contributed by atoms with Crippen molar-refractivity contribution >= 4 is 34.4 Å². The highest BCUT2D eigenvalue weighted by molar-refractivity contribution is 5.95. The fourth-order valence-corrected chi connectivity index (χ4v) is 3.67. The number of piperidine rings is 1. The van der Waals surface area contributed by atoms with Gasteiger partial charge in [-0.05, 0) is 43.2 Å². The van der Waals surface area contributed by atoms with Crippen molar-refractivity contribution in [1.82, 2.24) is 9.88 Å². The van der Waals surface area contributed by atoms with E-state index in [0.29, 0.717) is 30.3 Å². The Morgan fingerprint density at radius 1 is 1.06 bits per heavy atom. The Balaban J connectivity index is 1.40. The van der Waals surface area contributed by atoms with Crippen LogP contribution in [0.15, 0.2) is 52.9 Å². The second-order valence-corrected chi connectivity index (χ2v) is 9.02. The first-order valence-corrected chi connectivity index (χ1v) is 10.6. The molecule has 2 N–H and O–H groups in total. The SMILES string of the molecule is CC(C)(C)c1nc2cc(NC(=O)C3CCCN(C(=O)Nc4ccccc4)C3)ccc2o1. The summed E-state index contributed by atoms with van der Waals surface area (Å²) in [7, 11) is 0. The number of carbonyl (C=O) groups excluding carboxylic acids is 2. The number of anilines is 2. The van der Waals surface area contributed by atoms with E-state index in [9.17, 15) is 9.59 Å². The first-order valence-electron chi connectivity index (χ1n) is 10.6. The Morgan fingerprint density at radius 2 is 1.84 bits per heavy atom. The lowest BCUT2D eigenvalue weighted by Gasteiger charge is -2.32. The zero-order valence-corrected chi connectivity index (χ0v) is 18.1. The number of urea groups is 1. The molecule has 0 bridgehead atoms. The van der Waals surface area contributed by atoms with E-state index in [1.165, 1.54) is 0 Å². The Kier molecular flexibility index (Phi) is 5.67. The molecular weight excluding hydrogens is 392 g/mol. The van der Waals surface area contributed by atoms with Crippen LogP contribution in [0.25, 0.3) is 11.1 Å². The van der Waals surface area contributed by atoms with Gasteiger partial charge in [-0.15, -0.1) is 0 Å². The number of nitrogens with zero attached hydrogens (tertiary/aromatic N) is 2. The van der Waals surface area contributed by atoms with Gasteiger partial charge in [0, 0.05) is 29.9 Å². The number of aromatic nitrogens is 1. The molecule has 31 heavy (non-hydrogen) atoms. The van der Waals surface area contributed by atoms with E-state index in [-0.39, 0.29) is 23.3 Å². The molecular formula is C24H28N4O3. The molecule has 7 heteroatoms. The number of carbonyl (C=O) groups is 2. The van der Waals surface area contributed by atoms with Crippen molar-refractivity contribution in [1.29, 1.82) is 0 Å². The first-order chi connectivity index (χ1) is 14.8. The Bertz CT molecular complexity index is 1090. The minimum absolute atomic E-state index is 0.0869. The zero-order valence-electron chi connectivity index (χ0n) is 18.1. The lowest BCUT2D eigenvalue weighted by molar-refractivity contribution is -0.121. The third-order valence-corrected chi connectivity index (χ3v) is 5.40. The molecule has 0 radical (unpaired) electrons. The zero-order chi connectivity index (χ0) is 22.0. The van der Waals surface area contributed by atoms with Crippen molar-refractivity contribution in [2.75, 3.05) is 23.7 Å². The molecule has 1 saturated heterocycles. The van der Waals surface area contributed by atoms with Crippen molar-refractivity contribution < 1.29 is 14.0 Å². The van der Waals surface area contributed by atoms with E-state index >= 15 is 0 Å². The summed E-state index contributed by atoms with van der Waals surface area (Å²) in [6.07, 6.45) is 1.54. The summed E-state index contributed by atoms with van der Waals surface area (Å²) in [5.74, 6) is 0.322. The molecule has 1 fully saturated rings. The van der Waals surface area contributed by atoms with Gasteiger partial charge in [-0.1, -0.05) is 39.0 Å². The van der Waals surface area contributed by atoms with Crippen LogP contribution in [-0.2, 0) is 10.2 Å². The normalized spacial score (nSPS) is 16.9. The molecule has 1 atom stereocenters. The number of likely N-dealkylation sites (tertiary alicyclic amines) is 1. The van der Waals surface area contributed by atoms with Crippen LogP contribution in [0.1, 0.15) is 39.5 Å². The molecule has 162 valence electrons. The van der Waals surface area contributed by atoms with Crippen LogP contribution in [0.3, 0.4) is 0 Å². The van der Waals surface area contributed by atoms with Crippen LogP contribution >= 0.6 is 0 Å². The number of para-hydroxylation sites is 1. The minimum atomic E-state index is -0.256. The predicted molar refractivity (Wildman–Crippen MR) is 121 cm³/mol. The third kappa shape index (κ3) is 4.87. The van der Waals surface area contributed by atoms with Gasteiger partial charge in [0.25, 0.3) is 0 Å². The van der Waals surface area contributed by atoms with Gasteiger partial charge in [-0.3, -0.25) is 4.79 Å². The second-order valence-electron chi connectivity index (χ2n) is 9.02. The monoisotopic (exact) mass is 420 g/mol. The molecule has 7 nitrogen and oxygen atoms in total. The molecule has 1 aromatic heterocycles. The number of oxazole rings is 1. The molecule has 2 aromatic carbocycles. The van der Waals surface area contributed by atoms with E-state index in [4.69, 9.17) is 4.42 Å². The van der Waals surface area contributed by atoms with Crippen molar-refractivity contribution in [3.63, 3.8) is 0 Å². The summed E-state index contributed by atoms with van der Waals surface area (Å²) < 4.78 is 5.82. The fourth-order valence-electron chi connectivity index (χ4n) is 3.67. The molecule has 4 rings (SSSR count). The molecule has 1 aliphatic heterocycles. The summed E-state index contributed by atoms with van der Waals surface area (Å²) in [5, 5.41) is 5.87. The van der Waals surface area contributed by atoms with Crippen molar-refractivity contribution in [3.05, 3.63) is 54.4 Å². The molecule has 0 aliphatic carbocycles. The van der Waals surface area contributed by atoms with E-state index in [0.717, 1.165) is 24.0 Å².